The first-order valence-electron chi connectivity index (χ1n) is 3.13. The van der Waals surface area contributed by atoms with Gasteiger partial charge >= 0.3 is 7.59 Å². The number of hydrogen-bond donors (Lipinski definition) is 3. The summed E-state index contributed by atoms with van der Waals surface area (Å²) in [6.07, 6.45) is 1.22. The van der Waals surface area contributed by atoms with Crippen LogP contribution in [0.15, 0.2) is 16.7 Å². The van der Waals surface area contributed by atoms with E-state index < -0.39 is 13.5 Å². The van der Waals surface area contributed by atoms with E-state index in [1.807, 2.05) is 5.09 Å². The first-order chi connectivity index (χ1) is 5.90. The van der Waals surface area contributed by atoms with Crippen LogP contribution >= 0.6 is 19.2 Å². The number of nitrogens with two attached hydrogens (primary N) is 2. The average Bonchev–Trinajstić information content (AvgIpc) is 2.30. The average molecular weight is 224 g/mol. The van der Waals surface area contributed by atoms with Crippen molar-refractivity contribution in [2.24, 2.45) is 11.0 Å². The summed E-state index contributed by atoms with van der Waals surface area (Å²) in [5.74, 6) is -0.730. The number of carbonyl (C=O) groups excluding carboxylic acids is 1. The molecule has 0 bridgehead atoms. The van der Waals surface area contributed by atoms with Crippen molar-refractivity contribution in [1.82, 2.24) is 5.09 Å². The minimum atomic E-state index is -3.58. The quantitative estimate of drug-likeness (QED) is 0.639. The molecule has 0 unspecified atom stereocenters. The number of amides is 1. The first-order valence-corrected chi connectivity index (χ1v) is 5.35. The second-order valence-corrected chi connectivity index (χ2v) is 4.24. The van der Waals surface area contributed by atoms with Gasteiger partial charge in [-0.1, -0.05) is 0 Å². The minimum Gasteiger partial charge on any atom is -0.452 e. The molecular formula is C5H7ClN3O3P. The van der Waals surface area contributed by atoms with Crippen LogP contribution in [0.3, 0.4) is 0 Å². The summed E-state index contributed by atoms with van der Waals surface area (Å²) < 4.78 is 15.4. The molecular weight excluding hydrogens is 216 g/mol. The molecule has 0 aliphatic carbocycles. The molecule has 1 aromatic heterocycles. The van der Waals surface area contributed by atoms with Gasteiger partial charge in [-0.2, -0.15) is 0 Å². The Balaban J connectivity index is 2.82. The molecule has 5 N–H and O–H groups in total. The molecule has 6 nitrogen and oxygen atoms in total. The summed E-state index contributed by atoms with van der Waals surface area (Å²) in [5, 5.41) is 1.78. The molecule has 0 radical (unpaired) electrons. The zero-order valence-corrected chi connectivity index (χ0v) is 8.01. The van der Waals surface area contributed by atoms with E-state index >= 15 is 0 Å². The fourth-order valence-corrected chi connectivity index (χ4v) is 1.31. The van der Waals surface area contributed by atoms with Gasteiger partial charge in [0.05, 0.1) is 11.8 Å². The highest BCUT2D eigenvalue weighted by atomic mass is 35.5. The lowest BCUT2D eigenvalue weighted by Gasteiger charge is -2.06. The molecule has 1 amide bonds. The number of nitrogens with one attached hydrogen (secondary N) is 1. The molecule has 0 saturated carbocycles. The second kappa shape index (κ2) is 3.51. The molecule has 72 valence electrons. The lowest BCUT2D eigenvalue weighted by Crippen LogP contribution is -2.28. The Labute approximate surface area is 78.7 Å². The van der Waals surface area contributed by atoms with Crippen molar-refractivity contribution in [3.05, 3.63) is 23.1 Å². The van der Waals surface area contributed by atoms with Crippen LogP contribution in [0.4, 0.5) is 0 Å². The van der Waals surface area contributed by atoms with E-state index in [0.717, 1.165) is 0 Å². The maximum atomic E-state index is 11.2. The summed E-state index contributed by atoms with van der Waals surface area (Å²) in [6, 6.07) is 1.31. The number of hydrogen-bond acceptors (Lipinski definition) is 3. The molecule has 0 spiro atoms. The maximum Gasteiger partial charge on any atom is 0.300 e. The van der Waals surface area contributed by atoms with Crippen molar-refractivity contribution in [1.29, 1.82) is 0 Å². The number of halogens is 1. The van der Waals surface area contributed by atoms with E-state index in [0.29, 0.717) is 0 Å². The van der Waals surface area contributed by atoms with Gasteiger partial charge in [-0.25, -0.2) is 0 Å². The zero-order chi connectivity index (χ0) is 10.1. The third kappa shape index (κ3) is 2.86. The number of carbonyl (C=O) groups is 1. The van der Waals surface area contributed by atoms with Crippen molar-refractivity contribution >= 4 is 25.1 Å². The first kappa shape index (κ1) is 10.3. The summed E-state index contributed by atoms with van der Waals surface area (Å²) in [6.45, 7) is 0. The largest absolute Gasteiger partial charge is 0.452 e. The molecule has 0 aliphatic rings. The Bertz CT molecular complexity index is 371. The molecule has 0 atom stereocenters. The summed E-state index contributed by atoms with van der Waals surface area (Å²) in [5.41, 5.74) is 9.88. The lowest BCUT2D eigenvalue weighted by atomic mass is 10.3. The normalized spacial score (nSPS) is 11.3. The van der Waals surface area contributed by atoms with E-state index in [-0.39, 0.29) is 10.8 Å². The third-order valence-corrected chi connectivity index (χ3v) is 1.98. The van der Waals surface area contributed by atoms with E-state index in [1.54, 1.807) is 0 Å². The van der Waals surface area contributed by atoms with Crippen LogP contribution in [0.2, 0.25) is 5.22 Å². The van der Waals surface area contributed by atoms with E-state index in [4.69, 9.17) is 22.6 Å². The van der Waals surface area contributed by atoms with Gasteiger partial charge in [0.1, 0.15) is 0 Å². The van der Waals surface area contributed by atoms with Crippen molar-refractivity contribution < 1.29 is 13.8 Å². The Morgan fingerprint density at radius 3 is 2.62 bits per heavy atom. The van der Waals surface area contributed by atoms with Gasteiger partial charge in [0.15, 0.2) is 0 Å². The van der Waals surface area contributed by atoms with Gasteiger partial charge < -0.3 is 4.42 Å². The van der Waals surface area contributed by atoms with Crippen molar-refractivity contribution in [2.75, 3.05) is 0 Å². The molecule has 0 saturated heterocycles. The minimum absolute atomic E-state index is 0.0396. The third-order valence-electron chi connectivity index (χ3n) is 1.14. The fourth-order valence-electron chi connectivity index (χ4n) is 0.675. The van der Waals surface area contributed by atoms with Crippen molar-refractivity contribution in [2.45, 2.75) is 0 Å². The molecule has 0 fully saturated rings. The molecule has 1 aromatic rings. The van der Waals surface area contributed by atoms with Gasteiger partial charge in [-0.15, -0.1) is 0 Å². The van der Waals surface area contributed by atoms with Crippen LogP contribution in [0.25, 0.3) is 0 Å². The number of rotatable bonds is 2. The molecule has 1 heterocycles. The van der Waals surface area contributed by atoms with Crippen LogP contribution in [0.1, 0.15) is 10.4 Å². The van der Waals surface area contributed by atoms with E-state index in [9.17, 15) is 9.36 Å². The lowest BCUT2D eigenvalue weighted by molar-refractivity contribution is 0.0980. The summed E-state index contributed by atoms with van der Waals surface area (Å²) >= 11 is 5.46. The Morgan fingerprint density at radius 1 is 1.62 bits per heavy atom. The van der Waals surface area contributed by atoms with Crippen molar-refractivity contribution in [3.8, 4) is 0 Å². The van der Waals surface area contributed by atoms with E-state index in [2.05, 4.69) is 4.42 Å². The molecule has 0 aromatic carbocycles. The van der Waals surface area contributed by atoms with Gasteiger partial charge in [0.25, 0.3) is 5.91 Å². The maximum absolute atomic E-state index is 11.2. The van der Waals surface area contributed by atoms with Crippen LogP contribution in [0.5, 0.6) is 0 Å². The van der Waals surface area contributed by atoms with Crippen LogP contribution < -0.4 is 16.1 Å². The Morgan fingerprint density at radius 2 is 2.23 bits per heavy atom. The van der Waals surface area contributed by atoms with Gasteiger partial charge in [0, 0.05) is 0 Å². The van der Waals surface area contributed by atoms with Crippen LogP contribution in [-0.4, -0.2) is 5.91 Å². The second-order valence-electron chi connectivity index (χ2n) is 2.26. The SMILES string of the molecule is NP(N)(=O)NC(=O)c1ccoc1Cl. The molecule has 1 rings (SSSR count). The standard InChI is InChI=1S/C5H7ClN3O3P/c6-4-3(1-2-12-4)5(10)9-13(7,8)11/h1-2H,(H5,7,8,9,10,11). The van der Waals surface area contributed by atoms with E-state index in [1.165, 1.54) is 12.3 Å². The highest BCUT2D eigenvalue weighted by Gasteiger charge is 2.18. The molecule has 13 heavy (non-hydrogen) atoms. The van der Waals surface area contributed by atoms with Crippen LogP contribution in [-0.2, 0) is 4.57 Å². The predicted molar refractivity (Wildman–Crippen MR) is 47.2 cm³/mol. The predicted octanol–water partition coefficient (Wildman–Crippen LogP) is 0.688. The highest BCUT2D eigenvalue weighted by Crippen LogP contribution is 2.22. The fraction of sp³-hybridized carbons (Fsp3) is 0. The Kier molecular flexibility index (Phi) is 2.77. The summed E-state index contributed by atoms with van der Waals surface area (Å²) in [7, 11) is -3.58. The van der Waals surface area contributed by atoms with Gasteiger partial charge in [-0.05, 0) is 17.7 Å². The number of furan rings is 1. The molecule has 0 aliphatic heterocycles. The Hall–Kier alpha value is -0.810. The molecule has 8 heteroatoms. The smallest absolute Gasteiger partial charge is 0.300 e. The highest BCUT2D eigenvalue weighted by molar-refractivity contribution is 7.57. The monoisotopic (exact) mass is 223 g/mol. The zero-order valence-electron chi connectivity index (χ0n) is 6.36. The van der Waals surface area contributed by atoms with Crippen molar-refractivity contribution in [3.63, 3.8) is 0 Å². The van der Waals surface area contributed by atoms with Gasteiger partial charge in [-0.3, -0.25) is 25.5 Å². The van der Waals surface area contributed by atoms with Crippen LogP contribution in [0, 0.1) is 0 Å². The summed E-state index contributed by atoms with van der Waals surface area (Å²) in [4.78, 5) is 11.2. The van der Waals surface area contributed by atoms with Gasteiger partial charge in [0.2, 0.25) is 5.22 Å². The topological polar surface area (TPSA) is 111 Å².